The third-order valence-corrected chi connectivity index (χ3v) is 2.28. The fourth-order valence-corrected chi connectivity index (χ4v) is 1.51. The van der Waals surface area contributed by atoms with Gasteiger partial charge in [-0.1, -0.05) is 11.6 Å². The van der Waals surface area contributed by atoms with Crippen molar-refractivity contribution in [2.24, 2.45) is 0 Å². The minimum Gasteiger partial charge on any atom is -0.295 e. The van der Waals surface area contributed by atoms with Crippen LogP contribution in [0.3, 0.4) is 0 Å². The van der Waals surface area contributed by atoms with E-state index >= 15 is 0 Å². The number of hydrogen-bond donors (Lipinski definition) is 0. The fourth-order valence-electron chi connectivity index (χ4n) is 1.51. The highest BCUT2D eigenvalue weighted by atomic mass is 16.1. The van der Waals surface area contributed by atoms with Crippen molar-refractivity contribution < 1.29 is 9.59 Å². The molecule has 1 aliphatic carbocycles. The van der Waals surface area contributed by atoms with Gasteiger partial charge in [0, 0.05) is 18.4 Å². The second-order valence-electron chi connectivity index (χ2n) is 3.33. The lowest BCUT2D eigenvalue weighted by Gasteiger charge is -1.98. The van der Waals surface area contributed by atoms with E-state index in [1.54, 1.807) is 13.0 Å². The largest absolute Gasteiger partial charge is 0.295 e. The molecule has 2 heteroatoms. The van der Waals surface area contributed by atoms with Gasteiger partial charge in [0.05, 0.1) is 0 Å². The van der Waals surface area contributed by atoms with Crippen molar-refractivity contribution in [3.8, 4) is 0 Å². The van der Waals surface area contributed by atoms with Crippen molar-refractivity contribution in [2.45, 2.75) is 33.1 Å². The molecule has 0 heterocycles. The molecule has 0 aliphatic heterocycles. The number of ketones is 2. The molecule has 0 bridgehead atoms. The zero-order valence-corrected chi connectivity index (χ0v) is 8.09. The Morgan fingerprint density at radius 1 is 1.46 bits per heavy atom. The van der Waals surface area contributed by atoms with Gasteiger partial charge in [0.15, 0.2) is 11.6 Å². The number of rotatable bonds is 3. The zero-order chi connectivity index (χ0) is 9.84. The Hall–Kier alpha value is -1.18. The van der Waals surface area contributed by atoms with E-state index in [9.17, 15) is 9.59 Å². The summed E-state index contributed by atoms with van der Waals surface area (Å²) < 4.78 is 0. The predicted molar refractivity (Wildman–Crippen MR) is 51.4 cm³/mol. The topological polar surface area (TPSA) is 34.1 Å². The van der Waals surface area contributed by atoms with Gasteiger partial charge >= 0.3 is 0 Å². The van der Waals surface area contributed by atoms with Crippen LogP contribution in [0.25, 0.3) is 0 Å². The molecule has 0 saturated heterocycles. The summed E-state index contributed by atoms with van der Waals surface area (Å²) in [7, 11) is 0. The maximum atomic E-state index is 11.3. The van der Waals surface area contributed by atoms with Crippen molar-refractivity contribution in [1.82, 2.24) is 0 Å². The highest BCUT2D eigenvalue weighted by Gasteiger charge is 2.21. The number of allylic oxidation sites excluding steroid dienone is 4. The molecule has 0 radical (unpaired) electrons. The van der Waals surface area contributed by atoms with Crippen LogP contribution < -0.4 is 0 Å². The van der Waals surface area contributed by atoms with Crippen LogP contribution in [0.5, 0.6) is 0 Å². The maximum Gasteiger partial charge on any atom is 0.159 e. The van der Waals surface area contributed by atoms with Crippen LogP contribution in [0, 0.1) is 0 Å². The average Bonchev–Trinajstić information content (AvgIpc) is 2.36. The van der Waals surface area contributed by atoms with Crippen LogP contribution in [0.4, 0.5) is 0 Å². The normalized spacial score (nSPS) is 17.5. The number of carbonyl (C=O) groups excluding carboxylic acids is 2. The molecular weight excluding hydrogens is 164 g/mol. The average molecular weight is 178 g/mol. The molecule has 0 N–H and O–H groups in total. The van der Waals surface area contributed by atoms with E-state index in [0.29, 0.717) is 6.42 Å². The van der Waals surface area contributed by atoms with E-state index in [-0.39, 0.29) is 18.0 Å². The number of hydrogen-bond acceptors (Lipinski definition) is 2. The number of carbonyl (C=O) groups is 2. The van der Waals surface area contributed by atoms with Gasteiger partial charge in [-0.3, -0.25) is 9.59 Å². The molecule has 0 saturated carbocycles. The minimum atomic E-state index is 0.0205. The summed E-state index contributed by atoms with van der Waals surface area (Å²) in [5, 5.41) is 0. The molecular formula is C11H14O2. The predicted octanol–water partition coefficient (Wildman–Crippen LogP) is 2.20. The lowest BCUT2D eigenvalue weighted by Crippen LogP contribution is -2.02. The summed E-state index contributed by atoms with van der Waals surface area (Å²) in [5.41, 5.74) is 1.82. The number of Topliss-reactive ketones (excluding diaryl/α,β-unsaturated/α-hetero) is 1. The highest BCUT2D eigenvalue weighted by Crippen LogP contribution is 2.24. The fraction of sp³-hybridized carbons (Fsp3) is 0.455. The lowest BCUT2D eigenvalue weighted by molar-refractivity contribution is -0.118. The molecule has 0 fully saturated rings. The van der Waals surface area contributed by atoms with E-state index in [1.165, 1.54) is 6.08 Å². The van der Waals surface area contributed by atoms with Crippen LogP contribution in [0.15, 0.2) is 23.3 Å². The lowest BCUT2D eigenvalue weighted by atomic mass is 10.1. The van der Waals surface area contributed by atoms with Crippen LogP contribution in [0.2, 0.25) is 0 Å². The molecule has 0 amide bonds. The van der Waals surface area contributed by atoms with E-state index in [0.717, 1.165) is 17.6 Å². The van der Waals surface area contributed by atoms with Crippen molar-refractivity contribution in [2.75, 3.05) is 0 Å². The second kappa shape index (κ2) is 4.17. The molecule has 0 aromatic rings. The third kappa shape index (κ3) is 2.38. The van der Waals surface area contributed by atoms with Gasteiger partial charge in [0.25, 0.3) is 0 Å². The highest BCUT2D eigenvalue weighted by molar-refractivity contribution is 6.05. The molecule has 2 nitrogen and oxygen atoms in total. The van der Waals surface area contributed by atoms with Gasteiger partial charge in [0.1, 0.15) is 0 Å². The summed E-state index contributed by atoms with van der Waals surface area (Å²) in [5.74, 6) is 0.169. The van der Waals surface area contributed by atoms with Crippen LogP contribution >= 0.6 is 0 Å². The molecule has 0 aromatic carbocycles. The summed E-state index contributed by atoms with van der Waals surface area (Å²) in [6.07, 6.45) is 4.93. The SMILES string of the molecule is C/C=C/C(=O)CC1=C(C)CCC1=O. The first-order valence-corrected chi connectivity index (χ1v) is 4.52. The molecule has 0 unspecified atom stereocenters. The van der Waals surface area contributed by atoms with E-state index in [1.807, 2.05) is 6.92 Å². The van der Waals surface area contributed by atoms with Crippen molar-refractivity contribution in [3.63, 3.8) is 0 Å². The Bertz CT molecular complexity index is 295. The van der Waals surface area contributed by atoms with E-state index in [4.69, 9.17) is 0 Å². The van der Waals surface area contributed by atoms with Gasteiger partial charge in [-0.15, -0.1) is 0 Å². The standard InChI is InChI=1S/C11H14O2/c1-3-4-9(12)7-10-8(2)5-6-11(10)13/h3-4H,5-7H2,1-2H3/b4-3+. The minimum absolute atomic E-state index is 0.0205. The van der Waals surface area contributed by atoms with Gasteiger partial charge < -0.3 is 0 Å². The zero-order valence-electron chi connectivity index (χ0n) is 8.09. The van der Waals surface area contributed by atoms with E-state index < -0.39 is 0 Å². The Morgan fingerprint density at radius 3 is 2.62 bits per heavy atom. The molecule has 13 heavy (non-hydrogen) atoms. The van der Waals surface area contributed by atoms with Crippen molar-refractivity contribution in [1.29, 1.82) is 0 Å². The third-order valence-electron chi connectivity index (χ3n) is 2.28. The Labute approximate surface area is 78.3 Å². The van der Waals surface area contributed by atoms with Crippen LogP contribution in [0.1, 0.15) is 33.1 Å². The van der Waals surface area contributed by atoms with E-state index in [2.05, 4.69) is 0 Å². The van der Waals surface area contributed by atoms with Gasteiger partial charge in [-0.05, 0) is 26.3 Å². The molecule has 0 spiro atoms. The smallest absolute Gasteiger partial charge is 0.159 e. The Morgan fingerprint density at radius 2 is 2.15 bits per heavy atom. The quantitative estimate of drug-likeness (QED) is 0.621. The molecule has 0 aromatic heterocycles. The first-order chi connectivity index (χ1) is 6.15. The Balaban J connectivity index is 2.68. The van der Waals surface area contributed by atoms with Gasteiger partial charge in [-0.2, -0.15) is 0 Å². The maximum absolute atomic E-state index is 11.3. The molecule has 0 atom stereocenters. The second-order valence-corrected chi connectivity index (χ2v) is 3.33. The Kier molecular flexibility index (Phi) is 3.18. The summed E-state index contributed by atoms with van der Waals surface area (Å²) in [6.45, 7) is 3.73. The van der Waals surface area contributed by atoms with Crippen molar-refractivity contribution in [3.05, 3.63) is 23.3 Å². The molecule has 1 aliphatic rings. The van der Waals surface area contributed by atoms with Gasteiger partial charge in [-0.25, -0.2) is 0 Å². The van der Waals surface area contributed by atoms with Crippen LogP contribution in [-0.4, -0.2) is 11.6 Å². The summed E-state index contributed by atoms with van der Waals surface area (Å²) >= 11 is 0. The molecule has 1 rings (SSSR count). The van der Waals surface area contributed by atoms with Crippen LogP contribution in [-0.2, 0) is 9.59 Å². The van der Waals surface area contributed by atoms with Gasteiger partial charge in [0.2, 0.25) is 0 Å². The summed E-state index contributed by atoms with van der Waals surface area (Å²) in [6, 6.07) is 0. The monoisotopic (exact) mass is 178 g/mol. The van der Waals surface area contributed by atoms with Crippen molar-refractivity contribution >= 4 is 11.6 Å². The summed E-state index contributed by atoms with van der Waals surface area (Å²) in [4.78, 5) is 22.5. The first-order valence-electron chi connectivity index (χ1n) is 4.52. The molecule has 70 valence electrons. The first kappa shape index (κ1) is 9.90.